The molecule has 0 amide bonds. The fourth-order valence-electron chi connectivity index (χ4n) is 1.62. The van der Waals surface area contributed by atoms with E-state index in [1.54, 1.807) is 0 Å². The molecule has 0 spiro atoms. The molecular weight excluding hydrogens is 250 g/mol. The number of nitrogen functional groups attached to an aromatic ring is 2. The van der Waals surface area contributed by atoms with Gasteiger partial charge in [-0.3, -0.25) is 9.89 Å². The second kappa shape index (κ2) is 4.61. The first-order valence-electron chi connectivity index (χ1n) is 5.29. The van der Waals surface area contributed by atoms with Crippen LogP contribution in [0.2, 0.25) is 0 Å². The highest BCUT2D eigenvalue weighted by Crippen LogP contribution is 2.15. The van der Waals surface area contributed by atoms with E-state index < -0.39 is 5.56 Å². The van der Waals surface area contributed by atoms with Gasteiger partial charge in [-0.15, -0.1) is 0 Å². The van der Waals surface area contributed by atoms with Crippen LogP contribution in [0.3, 0.4) is 0 Å². The minimum Gasteiger partial charge on any atom is -0.398 e. The Morgan fingerprint density at radius 1 is 1.50 bits per heavy atom. The van der Waals surface area contributed by atoms with Gasteiger partial charge in [-0.25, -0.2) is 0 Å². The van der Waals surface area contributed by atoms with E-state index in [9.17, 15) is 4.79 Å². The van der Waals surface area contributed by atoms with E-state index in [0.717, 1.165) is 15.8 Å². The zero-order chi connectivity index (χ0) is 13.3. The number of nitrogens with one attached hydrogen (secondary N) is 1. The third kappa shape index (κ3) is 2.25. The average molecular weight is 263 g/mol. The largest absolute Gasteiger partial charge is 0.398 e. The number of hydrogen-bond donors (Lipinski definition) is 3. The molecule has 7 heteroatoms. The summed E-state index contributed by atoms with van der Waals surface area (Å²) in [4.78, 5) is 11.8. The monoisotopic (exact) mass is 263 g/mol. The van der Waals surface area contributed by atoms with Gasteiger partial charge in [-0.1, -0.05) is 12.1 Å². The number of hydrogen-bond acceptors (Lipinski definition) is 5. The minimum atomic E-state index is -0.418. The summed E-state index contributed by atoms with van der Waals surface area (Å²) in [5, 5.41) is 6.42. The molecular formula is C11H13N5OS. The summed E-state index contributed by atoms with van der Waals surface area (Å²) in [6.07, 6.45) is 0.314. The number of aromatic nitrogens is 3. The number of aromatic amines is 1. The van der Waals surface area contributed by atoms with Crippen LogP contribution in [-0.2, 0) is 6.42 Å². The maximum Gasteiger partial charge on any atom is 0.295 e. The second-order valence-corrected chi connectivity index (χ2v) is 4.42. The fourth-order valence-corrected chi connectivity index (χ4v) is 1.75. The molecule has 0 saturated heterocycles. The molecule has 0 saturated carbocycles. The van der Waals surface area contributed by atoms with E-state index in [1.807, 2.05) is 25.1 Å². The molecule has 6 nitrogen and oxygen atoms in total. The summed E-state index contributed by atoms with van der Waals surface area (Å²) in [7, 11) is 0. The van der Waals surface area contributed by atoms with E-state index in [1.165, 1.54) is 0 Å². The van der Waals surface area contributed by atoms with Crippen LogP contribution in [0.4, 0.5) is 5.69 Å². The number of anilines is 1. The van der Waals surface area contributed by atoms with Crippen molar-refractivity contribution in [3.63, 3.8) is 0 Å². The maximum atomic E-state index is 11.8. The van der Waals surface area contributed by atoms with Crippen LogP contribution in [0, 0.1) is 11.7 Å². The lowest BCUT2D eigenvalue weighted by Crippen LogP contribution is -2.32. The Morgan fingerprint density at radius 2 is 2.22 bits per heavy atom. The summed E-state index contributed by atoms with van der Waals surface area (Å²) >= 11 is 4.80. The molecule has 1 heterocycles. The molecule has 0 radical (unpaired) electrons. The van der Waals surface area contributed by atoms with Crippen molar-refractivity contribution in [1.82, 2.24) is 14.9 Å². The van der Waals surface area contributed by atoms with Gasteiger partial charge in [0.2, 0.25) is 4.77 Å². The van der Waals surface area contributed by atoms with Crippen LogP contribution in [0.25, 0.3) is 0 Å². The third-order valence-corrected chi connectivity index (χ3v) is 2.92. The summed E-state index contributed by atoms with van der Waals surface area (Å²) in [5.41, 5.74) is 8.27. The van der Waals surface area contributed by atoms with E-state index >= 15 is 0 Å². The highest BCUT2D eigenvalue weighted by atomic mass is 32.1. The maximum absolute atomic E-state index is 11.8. The van der Waals surface area contributed by atoms with Crippen molar-refractivity contribution in [1.29, 1.82) is 0 Å². The quantitative estimate of drug-likeness (QED) is 0.416. The van der Waals surface area contributed by atoms with Crippen molar-refractivity contribution in [3.05, 3.63) is 50.1 Å². The Hall–Kier alpha value is -2.15. The predicted octanol–water partition coefficient (Wildman–Crippen LogP) is 0.496. The Bertz CT molecular complexity index is 703. The van der Waals surface area contributed by atoms with Crippen LogP contribution >= 0.6 is 12.2 Å². The molecule has 0 aliphatic rings. The van der Waals surface area contributed by atoms with Crippen LogP contribution in [0.1, 0.15) is 16.8 Å². The molecule has 0 aliphatic carbocycles. The molecule has 2 rings (SSSR count). The molecule has 0 unspecified atom stereocenters. The van der Waals surface area contributed by atoms with Gasteiger partial charge < -0.3 is 11.6 Å². The molecule has 0 atom stereocenters. The van der Waals surface area contributed by atoms with Gasteiger partial charge in [0.05, 0.1) is 0 Å². The molecule has 0 fully saturated rings. The van der Waals surface area contributed by atoms with Gasteiger partial charge in [-0.05, 0) is 36.3 Å². The minimum absolute atomic E-state index is 0.0839. The van der Waals surface area contributed by atoms with Gasteiger partial charge in [0, 0.05) is 12.1 Å². The van der Waals surface area contributed by atoms with Gasteiger partial charge in [-0.2, -0.15) is 9.77 Å². The Morgan fingerprint density at radius 3 is 2.89 bits per heavy atom. The second-order valence-electron chi connectivity index (χ2n) is 4.03. The summed E-state index contributed by atoms with van der Waals surface area (Å²) in [5.74, 6) is 5.50. The summed E-state index contributed by atoms with van der Waals surface area (Å²) in [6, 6.07) is 5.65. The standard InChI is InChI=1S/C11H13N5OS/c1-6-2-3-7(8(12)4-6)5-9-10(17)16(13)11(18)15-14-9/h2-4H,5,12-13H2,1H3,(H,15,18). The lowest BCUT2D eigenvalue weighted by Gasteiger charge is -2.06. The normalized spacial score (nSPS) is 10.5. The highest BCUT2D eigenvalue weighted by Gasteiger charge is 2.08. The predicted molar refractivity (Wildman–Crippen MR) is 72.2 cm³/mol. The Balaban J connectivity index is 2.44. The third-order valence-electron chi connectivity index (χ3n) is 2.63. The topological polar surface area (TPSA) is 103 Å². The van der Waals surface area contributed by atoms with Gasteiger partial charge in [0.1, 0.15) is 5.69 Å². The van der Waals surface area contributed by atoms with Gasteiger partial charge in [0.15, 0.2) is 0 Å². The average Bonchev–Trinajstić information content (AvgIpc) is 2.33. The number of H-pyrrole nitrogens is 1. The molecule has 18 heavy (non-hydrogen) atoms. The zero-order valence-electron chi connectivity index (χ0n) is 9.80. The van der Waals surface area contributed by atoms with Crippen LogP contribution < -0.4 is 17.1 Å². The first kappa shape index (κ1) is 12.3. The van der Waals surface area contributed by atoms with E-state index in [2.05, 4.69) is 10.2 Å². The van der Waals surface area contributed by atoms with Crippen molar-refractivity contribution in [2.24, 2.45) is 0 Å². The summed E-state index contributed by atoms with van der Waals surface area (Å²) in [6.45, 7) is 1.95. The van der Waals surface area contributed by atoms with Gasteiger partial charge in [0.25, 0.3) is 5.56 Å². The van der Waals surface area contributed by atoms with Crippen molar-refractivity contribution in [2.75, 3.05) is 11.6 Å². The number of aryl methyl sites for hydroxylation is 1. The fraction of sp³-hybridized carbons (Fsp3) is 0.182. The van der Waals surface area contributed by atoms with Crippen LogP contribution in [0.5, 0.6) is 0 Å². The molecule has 1 aromatic carbocycles. The SMILES string of the molecule is Cc1ccc(Cc2n[nH]c(=S)n(N)c2=O)c(N)c1. The van der Waals surface area contributed by atoms with Crippen LogP contribution in [-0.4, -0.2) is 14.9 Å². The number of nitrogens with zero attached hydrogens (tertiary/aromatic N) is 2. The first-order valence-corrected chi connectivity index (χ1v) is 5.70. The van der Waals surface area contributed by atoms with Crippen molar-refractivity contribution < 1.29 is 0 Å². The molecule has 1 aromatic heterocycles. The van der Waals surface area contributed by atoms with E-state index in [4.69, 9.17) is 23.8 Å². The highest BCUT2D eigenvalue weighted by molar-refractivity contribution is 7.71. The lowest BCUT2D eigenvalue weighted by molar-refractivity contribution is 0.760. The van der Waals surface area contributed by atoms with Gasteiger partial charge >= 0.3 is 0 Å². The molecule has 0 bridgehead atoms. The van der Waals surface area contributed by atoms with Crippen LogP contribution in [0.15, 0.2) is 23.0 Å². The molecule has 94 valence electrons. The smallest absolute Gasteiger partial charge is 0.295 e. The lowest BCUT2D eigenvalue weighted by atomic mass is 10.1. The number of nitrogens with two attached hydrogens (primary N) is 2. The van der Waals surface area contributed by atoms with Crippen molar-refractivity contribution in [2.45, 2.75) is 13.3 Å². The van der Waals surface area contributed by atoms with E-state index in [-0.39, 0.29) is 10.5 Å². The van der Waals surface area contributed by atoms with Crippen molar-refractivity contribution >= 4 is 17.9 Å². The Labute approximate surface area is 108 Å². The van der Waals surface area contributed by atoms with E-state index in [0.29, 0.717) is 12.1 Å². The summed E-state index contributed by atoms with van der Waals surface area (Å²) < 4.78 is 0.947. The number of benzene rings is 1. The number of rotatable bonds is 2. The molecule has 0 aliphatic heterocycles. The zero-order valence-corrected chi connectivity index (χ0v) is 10.6. The molecule has 2 aromatic rings. The Kier molecular flexibility index (Phi) is 3.15. The van der Waals surface area contributed by atoms with Crippen molar-refractivity contribution in [3.8, 4) is 0 Å². The molecule has 5 N–H and O–H groups in total. The first-order chi connectivity index (χ1) is 8.49.